The van der Waals surface area contributed by atoms with Crippen molar-refractivity contribution in [2.45, 2.75) is 90.1 Å². The first-order valence-electron chi connectivity index (χ1n) is 17.0. The molecule has 0 unspecified atom stereocenters. The highest BCUT2D eigenvalue weighted by Crippen LogP contribution is 2.35. The number of carbonyl (C=O) groups is 2. The van der Waals surface area contributed by atoms with Crippen LogP contribution in [-0.2, 0) is 31.9 Å². The number of hydrogen-bond donors (Lipinski definition) is 2. The fourth-order valence-electron chi connectivity index (χ4n) is 5.06. The average molecular weight is 693 g/mol. The molecule has 0 saturated carbocycles. The maximum Gasteiger partial charge on any atom is 0.389 e. The lowest BCUT2D eigenvalue weighted by molar-refractivity contribution is -0.141. The number of esters is 2. The summed E-state index contributed by atoms with van der Waals surface area (Å²) in [5.41, 5.74) is 3.85. The van der Waals surface area contributed by atoms with Crippen LogP contribution in [0.5, 0.6) is 11.5 Å². The Bertz CT molecular complexity index is 1340. The molecule has 0 aliphatic heterocycles. The molecule has 2 N–H and O–H groups in total. The van der Waals surface area contributed by atoms with Gasteiger partial charge < -0.3 is 29.2 Å². The Kier molecular flexibility index (Phi) is 19.2. The fourth-order valence-corrected chi connectivity index (χ4v) is 5.06. The number of hydrogen-bond acceptors (Lipinski definition) is 8. The van der Waals surface area contributed by atoms with Gasteiger partial charge in [-0.2, -0.15) is 13.2 Å². The summed E-state index contributed by atoms with van der Waals surface area (Å²) in [5.74, 6) is -0.302. The molecule has 2 aromatic rings. The van der Waals surface area contributed by atoms with Gasteiger partial charge in [0.1, 0.15) is 37.9 Å². The quantitative estimate of drug-likeness (QED) is 0.0615. The maximum atomic E-state index is 12.6. The Labute approximate surface area is 287 Å². The van der Waals surface area contributed by atoms with Crippen molar-refractivity contribution in [3.8, 4) is 22.6 Å². The smallest absolute Gasteiger partial charge is 0.389 e. The van der Waals surface area contributed by atoms with Gasteiger partial charge in [-0.25, -0.2) is 9.59 Å². The van der Waals surface area contributed by atoms with Crippen LogP contribution >= 0.6 is 0 Å². The molecule has 0 radical (unpaired) electrons. The highest BCUT2D eigenvalue weighted by Gasteiger charge is 2.25. The molecule has 0 aliphatic carbocycles. The zero-order valence-corrected chi connectivity index (χ0v) is 28.6. The second kappa shape index (κ2) is 22.7. The lowest BCUT2D eigenvalue weighted by Gasteiger charge is -2.18. The minimum absolute atomic E-state index is 0.0362. The number of alkyl halides is 3. The Hall–Kier alpha value is -3.83. The van der Waals surface area contributed by atoms with E-state index in [9.17, 15) is 22.8 Å². The van der Waals surface area contributed by atoms with E-state index < -0.39 is 37.7 Å². The SMILES string of the molecule is C=C(CO)C(=O)OCCOc1ccc(CCCCCCC)c(-c2cc(OCCOC(=O)C(=C)CO)ccc2CCCCCCC(F)(F)F)c1. The number of carbonyl (C=O) groups excluding carboxylic acids is 2. The van der Waals surface area contributed by atoms with E-state index in [0.29, 0.717) is 37.2 Å². The summed E-state index contributed by atoms with van der Waals surface area (Å²) in [5, 5.41) is 18.1. The van der Waals surface area contributed by atoms with E-state index in [1.165, 1.54) is 6.42 Å². The lowest BCUT2D eigenvalue weighted by Crippen LogP contribution is -2.15. The van der Waals surface area contributed by atoms with E-state index in [0.717, 1.165) is 54.4 Å². The standard InChI is InChI=1S/C38H51F3O8/c1-4-5-6-7-10-13-30-15-17-32(46-20-22-48-36(44)28(2)26-42)24-34(30)35-25-33(47-21-23-49-37(45)29(3)27-43)18-16-31(35)14-11-8-9-12-19-38(39,40)41/h15-18,24-25,42-43H,2-14,19-23,26-27H2,1H3. The topological polar surface area (TPSA) is 112 Å². The third-order valence-corrected chi connectivity index (χ3v) is 7.79. The van der Waals surface area contributed by atoms with Crippen molar-refractivity contribution in [1.82, 2.24) is 0 Å². The van der Waals surface area contributed by atoms with Gasteiger partial charge >= 0.3 is 18.1 Å². The summed E-state index contributed by atoms with van der Waals surface area (Å²) in [4.78, 5) is 23.7. The first kappa shape index (κ1) is 41.3. The molecule has 0 aromatic heterocycles. The summed E-state index contributed by atoms with van der Waals surface area (Å²) < 4.78 is 59.9. The zero-order chi connectivity index (χ0) is 36.1. The molecule has 0 spiro atoms. The Morgan fingerprint density at radius 3 is 1.49 bits per heavy atom. The summed E-state index contributed by atoms with van der Waals surface area (Å²) in [6, 6.07) is 11.5. The molecular formula is C38H51F3O8. The van der Waals surface area contributed by atoms with Crippen LogP contribution in [0.15, 0.2) is 60.7 Å². The minimum Gasteiger partial charge on any atom is -0.490 e. The normalized spacial score (nSPS) is 11.2. The number of rotatable bonds is 25. The number of aliphatic hydroxyl groups excluding tert-OH is 2. The molecule has 2 aromatic carbocycles. The largest absolute Gasteiger partial charge is 0.490 e. The molecule has 0 saturated heterocycles. The van der Waals surface area contributed by atoms with Crippen molar-refractivity contribution in [2.75, 3.05) is 39.6 Å². The van der Waals surface area contributed by atoms with Gasteiger partial charge in [0.15, 0.2) is 0 Å². The van der Waals surface area contributed by atoms with E-state index in [2.05, 4.69) is 20.1 Å². The molecule has 272 valence electrons. The molecule has 11 heteroatoms. The fraction of sp³-hybridized carbons (Fsp3) is 0.526. The number of unbranched alkanes of at least 4 members (excludes halogenated alkanes) is 7. The van der Waals surface area contributed by atoms with Crippen molar-refractivity contribution in [1.29, 1.82) is 0 Å². The maximum absolute atomic E-state index is 12.6. The minimum atomic E-state index is -4.15. The molecule has 0 amide bonds. The van der Waals surface area contributed by atoms with E-state index in [-0.39, 0.29) is 44.0 Å². The summed E-state index contributed by atoms with van der Waals surface area (Å²) >= 11 is 0. The second-order valence-electron chi connectivity index (χ2n) is 11.8. The number of benzene rings is 2. The van der Waals surface area contributed by atoms with E-state index >= 15 is 0 Å². The van der Waals surface area contributed by atoms with Crippen molar-refractivity contribution in [3.63, 3.8) is 0 Å². The highest BCUT2D eigenvalue weighted by molar-refractivity contribution is 5.88. The Morgan fingerprint density at radius 2 is 1.08 bits per heavy atom. The molecule has 8 nitrogen and oxygen atoms in total. The predicted molar refractivity (Wildman–Crippen MR) is 183 cm³/mol. The second-order valence-corrected chi connectivity index (χ2v) is 11.8. The molecule has 0 bridgehead atoms. The molecule has 49 heavy (non-hydrogen) atoms. The van der Waals surface area contributed by atoms with Gasteiger partial charge in [0.25, 0.3) is 0 Å². The van der Waals surface area contributed by atoms with Crippen molar-refractivity contribution >= 4 is 11.9 Å². The van der Waals surface area contributed by atoms with E-state index in [1.54, 1.807) is 0 Å². The van der Waals surface area contributed by atoms with Gasteiger partial charge in [0.05, 0.1) is 24.4 Å². The van der Waals surface area contributed by atoms with Gasteiger partial charge in [-0.15, -0.1) is 0 Å². The van der Waals surface area contributed by atoms with E-state index in [4.69, 9.17) is 29.2 Å². The van der Waals surface area contributed by atoms with Crippen LogP contribution in [0.1, 0.15) is 82.3 Å². The van der Waals surface area contributed by atoms with Gasteiger partial charge in [0, 0.05) is 6.42 Å². The van der Waals surface area contributed by atoms with Crippen molar-refractivity contribution < 1.29 is 51.9 Å². The predicted octanol–water partition coefficient (Wildman–Crippen LogP) is 7.86. The molecule has 0 atom stereocenters. The van der Waals surface area contributed by atoms with Crippen LogP contribution in [0.4, 0.5) is 13.2 Å². The van der Waals surface area contributed by atoms with Crippen LogP contribution in [0.3, 0.4) is 0 Å². The van der Waals surface area contributed by atoms with Gasteiger partial charge in [-0.3, -0.25) is 0 Å². The third kappa shape index (κ3) is 16.4. The molecular weight excluding hydrogens is 641 g/mol. The highest BCUT2D eigenvalue weighted by atomic mass is 19.4. The number of aliphatic hydroxyl groups is 2. The Balaban J connectivity index is 2.32. The monoisotopic (exact) mass is 692 g/mol. The van der Waals surface area contributed by atoms with E-state index in [1.807, 2.05) is 36.4 Å². The number of aryl methyl sites for hydroxylation is 2. The summed E-state index contributed by atoms with van der Waals surface area (Å²) in [7, 11) is 0. The van der Waals surface area contributed by atoms with Crippen LogP contribution in [0, 0.1) is 0 Å². The Morgan fingerprint density at radius 1 is 0.653 bits per heavy atom. The van der Waals surface area contributed by atoms with Gasteiger partial charge in [-0.05, 0) is 78.6 Å². The first-order valence-corrected chi connectivity index (χ1v) is 17.0. The summed E-state index contributed by atoms with van der Waals surface area (Å²) in [6.45, 7) is 8.14. The average Bonchev–Trinajstić information content (AvgIpc) is 3.09. The number of halogens is 3. The van der Waals surface area contributed by atoms with Gasteiger partial charge in [-0.1, -0.05) is 70.7 Å². The molecule has 0 aliphatic rings. The molecule has 2 rings (SSSR count). The lowest BCUT2D eigenvalue weighted by atomic mass is 9.90. The van der Waals surface area contributed by atoms with Crippen LogP contribution in [-0.4, -0.2) is 68.0 Å². The van der Waals surface area contributed by atoms with Gasteiger partial charge in [0.2, 0.25) is 0 Å². The third-order valence-electron chi connectivity index (χ3n) is 7.79. The first-order chi connectivity index (χ1) is 23.5. The van der Waals surface area contributed by atoms with Crippen LogP contribution < -0.4 is 9.47 Å². The molecule has 0 heterocycles. The molecule has 0 fully saturated rings. The van der Waals surface area contributed by atoms with Crippen molar-refractivity contribution in [3.05, 3.63) is 71.8 Å². The summed E-state index contributed by atoms with van der Waals surface area (Å²) in [6.07, 6.45) is 4.04. The van der Waals surface area contributed by atoms with Crippen LogP contribution in [0.2, 0.25) is 0 Å². The van der Waals surface area contributed by atoms with Crippen molar-refractivity contribution in [2.24, 2.45) is 0 Å². The van der Waals surface area contributed by atoms with Crippen LogP contribution in [0.25, 0.3) is 11.1 Å². The zero-order valence-electron chi connectivity index (χ0n) is 28.6. The number of ether oxygens (including phenoxy) is 4.